The second kappa shape index (κ2) is 4.74. The molecule has 0 aliphatic heterocycles. The van der Waals surface area contributed by atoms with Crippen molar-refractivity contribution < 1.29 is 4.79 Å². The lowest BCUT2D eigenvalue weighted by molar-refractivity contribution is -0.123. The van der Waals surface area contributed by atoms with Crippen LogP contribution >= 0.6 is 0 Å². The molecule has 1 aliphatic carbocycles. The lowest BCUT2D eigenvalue weighted by atomic mass is 9.87. The van der Waals surface area contributed by atoms with Crippen molar-refractivity contribution in [1.82, 2.24) is 5.32 Å². The lowest BCUT2D eigenvalue weighted by Gasteiger charge is -2.30. The fourth-order valence-corrected chi connectivity index (χ4v) is 2.08. The van der Waals surface area contributed by atoms with Crippen LogP contribution in [-0.4, -0.2) is 17.5 Å². The number of hydrogen-bond donors (Lipinski definition) is 2. The van der Waals surface area contributed by atoms with E-state index >= 15 is 0 Å². The second-order valence-electron chi connectivity index (χ2n) is 6.40. The molecule has 3 N–H and O–H groups in total. The van der Waals surface area contributed by atoms with E-state index in [9.17, 15) is 4.79 Å². The number of amides is 1. The maximum absolute atomic E-state index is 11.9. The minimum Gasteiger partial charge on any atom is -0.353 e. The van der Waals surface area contributed by atoms with Crippen molar-refractivity contribution in [3.8, 4) is 0 Å². The summed E-state index contributed by atoms with van der Waals surface area (Å²) in [6.07, 6.45) is 4.79. The predicted molar refractivity (Wildman–Crippen MR) is 67.1 cm³/mol. The molecule has 1 rings (SSSR count). The minimum absolute atomic E-state index is 0.104. The highest BCUT2D eigenvalue weighted by molar-refractivity contribution is 5.77. The van der Waals surface area contributed by atoms with E-state index in [1.807, 2.05) is 0 Å². The summed E-state index contributed by atoms with van der Waals surface area (Å²) >= 11 is 0. The molecule has 1 atom stereocenters. The number of carbonyl (C=O) groups excluding carboxylic acids is 1. The Hall–Kier alpha value is -0.570. The number of carbonyl (C=O) groups is 1. The van der Waals surface area contributed by atoms with E-state index in [0.717, 1.165) is 12.8 Å². The van der Waals surface area contributed by atoms with Gasteiger partial charge < -0.3 is 11.1 Å². The number of rotatable bonds is 3. The number of hydrogen-bond acceptors (Lipinski definition) is 2. The first-order chi connectivity index (χ1) is 7.23. The van der Waals surface area contributed by atoms with Gasteiger partial charge in [-0.2, -0.15) is 0 Å². The summed E-state index contributed by atoms with van der Waals surface area (Å²) in [7, 11) is 0. The van der Waals surface area contributed by atoms with Gasteiger partial charge in [0.1, 0.15) is 0 Å². The molecule has 1 fully saturated rings. The fourth-order valence-electron chi connectivity index (χ4n) is 2.08. The van der Waals surface area contributed by atoms with Crippen molar-refractivity contribution >= 4 is 5.91 Å². The maximum Gasteiger partial charge on any atom is 0.222 e. The van der Waals surface area contributed by atoms with E-state index in [1.54, 1.807) is 0 Å². The van der Waals surface area contributed by atoms with Crippen molar-refractivity contribution in [2.45, 2.75) is 71.4 Å². The molecule has 1 unspecified atom stereocenters. The zero-order valence-corrected chi connectivity index (χ0v) is 11.1. The molecule has 1 amide bonds. The Balaban J connectivity index is 2.41. The van der Waals surface area contributed by atoms with Gasteiger partial charge in [0.15, 0.2) is 0 Å². The van der Waals surface area contributed by atoms with Crippen LogP contribution in [0.2, 0.25) is 0 Å². The Bertz CT molecular complexity index is 249. The summed E-state index contributed by atoms with van der Waals surface area (Å²) in [6, 6.07) is 0.185. The van der Waals surface area contributed by atoms with E-state index in [2.05, 4.69) is 33.0 Å². The van der Waals surface area contributed by atoms with Crippen LogP contribution in [0.3, 0.4) is 0 Å². The molecule has 0 aromatic rings. The average molecular weight is 226 g/mol. The van der Waals surface area contributed by atoms with Gasteiger partial charge in [0.2, 0.25) is 5.91 Å². The van der Waals surface area contributed by atoms with Crippen LogP contribution in [0.4, 0.5) is 0 Å². The molecular formula is C13H26N2O. The first kappa shape index (κ1) is 13.5. The largest absolute Gasteiger partial charge is 0.353 e. The van der Waals surface area contributed by atoms with Gasteiger partial charge >= 0.3 is 0 Å². The molecule has 16 heavy (non-hydrogen) atoms. The van der Waals surface area contributed by atoms with Gasteiger partial charge in [-0.3, -0.25) is 4.79 Å². The molecule has 0 heterocycles. The Morgan fingerprint density at radius 3 is 2.31 bits per heavy atom. The highest BCUT2D eigenvalue weighted by atomic mass is 16.1. The predicted octanol–water partition coefficient (Wildman–Crippen LogP) is 2.20. The van der Waals surface area contributed by atoms with E-state index in [1.165, 1.54) is 12.8 Å². The van der Waals surface area contributed by atoms with Crippen LogP contribution in [0.1, 0.15) is 59.8 Å². The van der Waals surface area contributed by atoms with Crippen LogP contribution in [0.5, 0.6) is 0 Å². The molecule has 1 aliphatic rings. The molecule has 3 heteroatoms. The van der Waals surface area contributed by atoms with E-state index < -0.39 is 0 Å². The standard InChI is InChI=1S/C13H26N2O/c1-10(12(2,3)4)15-11(16)9-13(14)7-5-6-8-13/h10H,5-9,14H2,1-4H3,(H,15,16). The molecule has 0 aromatic heterocycles. The molecule has 0 aromatic carbocycles. The summed E-state index contributed by atoms with van der Waals surface area (Å²) in [5.41, 5.74) is 6.05. The SMILES string of the molecule is CC(NC(=O)CC1(N)CCCC1)C(C)(C)C. The normalized spacial score (nSPS) is 21.8. The molecule has 0 saturated heterocycles. The van der Waals surface area contributed by atoms with Crippen molar-refractivity contribution in [3.05, 3.63) is 0 Å². The summed E-state index contributed by atoms with van der Waals surface area (Å²) in [6.45, 7) is 8.44. The van der Waals surface area contributed by atoms with Crippen LogP contribution in [0.25, 0.3) is 0 Å². The zero-order chi connectivity index (χ0) is 12.4. The minimum atomic E-state index is -0.234. The third-order valence-corrected chi connectivity index (χ3v) is 3.79. The molecule has 3 nitrogen and oxygen atoms in total. The van der Waals surface area contributed by atoms with Crippen LogP contribution in [0.15, 0.2) is 0 Å². The number of nitrogens with one attached hydrogen (secondary N) is 1. The summed E-state index contributed by atoms with van der Waals surface area (Å²) in [5.74, 6) is 0.104. The average Bonchev–Trinajstić information content (AvgIpc) is 2.49. The third-order valence-electron chi connectivity index (χ3n) is 3.79. The zero-order valence-electron chi connectivity index (χ0n) is 11.1. The molecule has 94 valence electrons. The van der Waals surface area contributed by atoms with Crippen LogP contribution in [0, 0.1) is 5.41 Å². The van der Waals surface area contributed by atoms with Gasteiger partial charge in [-0.1, -0.05) is 33.6 Å². The Kier molecular flexibility index (Phi) is 4.00. The molecule has 1 saturated carbocycles. The Labute approximate surface area is 99.2 Å². The van der Waals surface area contributed by atoms with Crippen molar-refractivity contribution in [2.75, 3.05) is 0 Å². The molecule has 0 spiro atoms. The van der Waals surface area contributed by atoms with Gasteiger partial charge in [-0.05, 0) is 25.2 Å². The van der Waals surface area contributed by atoms with Gasteiger partial charge in [0, 0.05) is 18.0 Å². The van der Waals surface area contributed by atoms with Crippen molar-refractivity contribution in [1.29, 1.82) is 0 Å². The Morgan fingerprint density at radius 1 is 1.38 bits per heavy atom. The Morgan fingerprint density at radius 2 is 1.88 bits per heavy atom. The summed E-state index contributed by atoms with van der Waals surface area (Å²) in [4.78, 5) is 11.9. The summed E-state index contributed by atoms with van der Waals surface area (Å²) in [5, 5.41) is 3.05. The van der Waals surface area contributed by atoms with Gasteiger partial charge in [0.25, 0.3) is 0 Å². The molecule has 0 bridgehead atoms. The van der Waals surface area contributed by atoms with E-state index in [0.29, 0.717) is 6.42 Å². The quantitative estimate of drug-likeness (QED) is 0.775. The highest BCUT2D eigenvalue weighted by Gasteiger charge is 2.32. The fraction of sp³-hybridized carbons (Fsp3) is 0.923. The molecule has 0 radical (unpaired) electrons. The van der Waals surface area contributed by atoms with E-state index in [-0.39, 0.29) is 22.9 Å². The monoisotopic (exact) mass is 226 g/mol. The smallest absolute Gasteiger partial charge is 0.222 e. The second-order valence-corrected chi connectivity index (χ2v) is 6.40. The summed E-state index contributed by atoms with van der Waals surface area (Å²) < 4.78 is 0. The van der Waals surface area contributed by atoms with Crippen LogP contribution in [-0.2, 0) is 4.79 Å². The van der Waals surface area contributed by atoms with Crippen LogP contribution < -0.4 is 11.1 Å². The highest BCUT2D eigenvalue weighted by Crippen LogP contribution is 2.30. The van der Waals surface area contributed by atoms with Crippen molar-refractivity contribution in [3.63, 3.8) is 0 Å². The maximum atomic E-state index is 11.9. The molecular weight excluding hydrogens is 200 g/mol. The third kappa shape index (κ3) is 3.78. The van der Waals surface area contributed by atoms with Gasteiger partial charge in [-0.15, -0.1) is 0 Å². The number of nitrogens with two attached hydrogens (primary N) is 1. The van der Waals surface area contributed by atoms with Crippen molar-refractivity contribution in [2.24, 2.45) is 11.1 Å². The first-order valence-corrected chi connectivity index (χ1v) is 6.31. The first-order valence-electron chi connectivity index (χ1n) is 6.31. The lowest BCUT2D eigenvalue weighted by Crippen LogP contribution is -2.47. The van der Waals surface area contributed by atoms with Gasteiger partial charge in [0.05, 0.1) is 0 Å². The topological polar surface area (TPSA) is 55.1 Å². The van der Waals surface area contributed by atoms with Gasteiger partial charge in [-0.25, -0.2) is 0 Å². The van der Waals surface area contributed by atoms with E-state index in [4.69, 9.17) is 5.73 Å².